The zero-order chi connectivity index (χ0) is 21.3. The Labute approximate surface area is 168 Å². The fraction of sp³-hybridized carbons (Fsp3) is 0.211. The molecule has 3 aromatic rings. The molecule has 0 amide bonds. The van der Waals surface area contributed by atoms with Crippen molar-refractivity contribution in [3.63, 3.8) is 0 Å². The number of carboxylic acid groups (broad SMARTS) is 1. The van der Waals surface area contributed by atoms with Crippen LogP contribution >= 0.6 is 0 Å². The number of aryl methyl sites for hydroxylation is 1. The first-order chi connectivity index (χ1) is 13.6. The van der Waals surface area contributed by atoms with E-state index in [1.807, 2.05) is 11.6 Å². The van der Waals surface area contributed by atoms with Crippen molar-refractivity contribution < 1.29 is 18.3 Å². The van der Waals surface area contributed by atoms with Gasteiger partial charge in [0.05, 0.1) is 22.3 Å². The van der Waals surface area contributed by atoms with E-state index >= 15 is 0 Å². The molecule has 3 rings (SSSR count). The van der Waals surface area contributed by atoms with E-state index in [9.17, 15) is 13.2 Å². The van der Waals surface area contributed by atoms with Crippen molar-refractivity contribution in [3.8, 4) is 11.4 Å². The summed E-state index contributed by atoms with van der Waals surface area (Å²) in [6, 6.07) is 11.7. The largest absolute Gasteiger partial charge is 0.481 e. The minimum Gasteiger partial charge on any atom is -0.481 e. The third-order valence-corrected chi connectivity index (χ3v) is 6.51. The number of carbonyl (C=O) groups is 1. The Morgan fingerprint density at radius 2 is 1.90 bits per heavy atom. The van der Waals surface area contributed by atoms with Gasteiger partial charge in [0, 0.05) is 31.8 Å². The van der Waals surface area contributed by atoms with E-state index < -0.39 is 16.0 Å². The van der Waals surface area contributed by atoms with Crippen LogP contribution in [0.5, 0.6) is 0 Å². The Kier molecular flexibility index (Phi) is 5.40. The Morgan fingerprint density at radius 1 is 1.24 bits per heavy atom. The second-order valence-electron chi connectivity index (χ2n) is 6.61. The van der Waals surface area contributed by atoms with Gasteiger partial charge in [-0.15, -0.1) is 0 Å². The van der Waals surface area contributed by atoms with Crippen LogP contribution in [-0.2, 0) is 21.9 Å². The average molecular weight is 415 g/mol. The Bertz CT molecular complexity index is 1200. The van der Waals surface area contributed by atoms with Gasteiger partial charge in [-0.05, 0) is 18.2 Å². The van der Waals surface area contributed by atoms with Crippen molar-refractivity contribution in [3.05, 3.63) is 48.0 Å². The second-order valence-corrected chi connectivity index (χ2v) is 8.65. The van der Waals surface area contributed by atoms with Gasteiger partial charge in [0.25, 0.3) is 0 Å². The molecule has 4 N–H and O–H groups in total. The first kappa shape index (κ1) is 20.5. The molecule has 0 fully saturated rings. The minimum absolute atomic E-state index is 0.0246. The molecular formula is C19H21N5O4S. The summed E-state index contributed by atoms with van der Waals surface area (Å²) in [5.41, 5.74) is 8.15. The van der Waals surface area contributed by atoms with E-state index in [1.165, 1.54) is 19.2 Å². The number of amidine groups is 1. The highest BCUT2D eigenvalue weighted by atomic mass is 32.2. The SMILES string of the molecule is CN(CCC(=O)O)S(=O)(=O)c1ccc2c(c1)nc(-c1ccc(C(=N)N)cc1)n2C. The van der Waals surface area contributed by atoms with Gasteiger partial charge in [-0.25, -0.2) is 17.7 Å². The molecule has 2 aromatic carbocycles. The number of sulfonamides is 1. The third kappa shape index (κ3) is 3.98. The van der Waals surface area contributed by atoms with Gasteiger partial charge >= 0.3 is 5.97 Å². The lowest BCUT2D eigenvalue weighted by molar-refractivity contribution is -0.137. The molecule has 0 atom stereocenters. The molecule has 10 heteroatoms. The summed E-state index contributed by atoms with van der Waals surface area (Å²) >= 11 is 0. The molecule has 0 bridgehead atoms. The zero-order valence-corrected chi connectivity index (χ0v) is 16.8. The second kappa shape index (κ2) is 7.64. The number of nitrogens with zero attached hydrogens (tertiary/aromatic N) is 3. The zero-order valence-electron chi connectivity index (χ0n) is 16.0. The standard InChI is InChI=1S/C19H21N5O4S/c1-23(10-9-17(25)26)29(27,28)14-7-8-16-15(11-14)22-19(24(16)2)13-5-3-12(4-6-13)18(20)21/h3-8,11H,9-10H2,1-2H3,(H3,20,21)(H,25,26). The highest BCUT2D eigenvalue weighted by Gasteiger charge is 2.22. The normalized spacial score (nSPS) is 11.8. The number of benzene rings is 2. The monoisotopic (exact) mass is 415 g/mol. The van der Waals surface area contributed by atoms with Crippen LogP contribution < -0.4 is 5.73 Å². The lowest BCUT2D eigenvalue weighted by Gasteiger charge is -2.16. The van der Waals surface area contributed by atoms with Gasteiger partial charge in [-0.3, -0.25) is 10.2 Å². The summed E-state index contributed by atoms with van der Waals surface area (Å²) in [6.45, 7) is -0.119. The first-order valence-corrected chi connectivity index (χ1v) is 10.1. The van der Waals surface area contributed by atoms with Crippen molar-refractivity contribution in [1.82, 2.24) is 13.9 Å². The summed E-state index contributed by atoms with van der Waals surface area (Å²) < 4.78 is 28.3. The number of hydrogen-bond donors (Lipinski definition) is 3. The van der Waals surface area contributed by atoms with Crippen LogP contribution in [0.1, 0.15) is 12.0 Å². The van der Waals surface area contributed by atoms with Gasteiger partial charge in [0.1, 0.15) is 11.7 Å². The van der Waals surface area contributed by atoms with Crippen molar-refractivity contribution in [2.75, 3.05) is 13.6 Å². The van der Waals surface area contributed by atoms with Gasteiger partial charge in [0.2, 0.25) is 10.0 Å². The van der Waals surface area contributed by atoms with Crippen LogP contribution in [0.3, 0.4) is 0 Å². The van der Waals surface area contributed by atoms with Crippen LogP contribution in [0.4, 0.5) is 0 Å². The number of fused-ring (bicyclic) bond motifs is 1. The molecule has 0 aliphatic rings. The summed E-state index contributed by atoms with van der Waals surface area (Å²) in [6.07, 6.45) is -0.276. The summed E-state index contributed by atoms with van der Waals surface area (Å²) in [7, 11) is -0.646. The van der Waals surface area contributed by atoms with Gasteiger partial charge in [-0.1, -0.05) is 24.3 Å². The van der Waals surface area contributed by atoms with Crippen molar-refractivity contribution in [2.45, 2.75) is 11.3 Å². The number of rotatable bonds is 7. The van der Waals surface area contributed by atoms with E-state index in [0.717, 1.165) is 15.4 Å². The molecule has 0 spiro atoms. The number of nitrogen functional groups attached to an aromatic ring is 1. The predicted octanol–water partition coefficient (Wildman–Crippen LogP) is 1.62. The maximum absolute atomic E-state index is 12.7. The fourth-order valence-corrected chi connectivity index (χ4v) is 4.14. The minimum atomic E-state index is -3.83. The first-order valence-electron chi connectivity index (χ1n) is 8.70. The van der Waals surface area contributed by atoms with Crippen molar-refractivity contribution in [1.29, 1.82) is 5.41 Å². The maximum Gasteiger partial charge on any atom is 0.304 e. The van der Waals surface area contributed by atoms with Gasteiger partial charge < -0.3 is 15.4 Å². The van der Waals surface area contributed by atoms with Crippen LogP contribution in [0.25, 0.3) is 22.4 Å². The smallest absolute Gasteiger partial charge is 0.304 e. The molecule has 1 aromatic heterocycles. The highest BCUT2D eigenvalue weighted by molar-refractivity contribution is 7.89. The number of hydrogen-bond acceptors (Lipinski definition) is 5. The van der Waals surface area contributed by atoms with Crippen LogP contribution in [0.15, 0.2) is 47.4 Å². The average Bonchev–Trinajstić information content (AvgIpc) is 3.02. The number of imidazole rings is 1. The van der Waals surface area contributed by atoms with E-state index in [-0.39, 0.29) is 23.7 Å². The highest BCUT2D eigenvalue weighted by Crippen LogP contribution is 2.26. The molecule has 0 aliphatic heterocycles. The Balaban J connectivity index is 1.99. The molecule has 29 heavy (non-hydrogen) atoms. The molecular weight excluding hydrogens is 394 g/mol. The molecule has 1 heterocycles. The molecule has 0 aliphatic carbocycles. The summed E-state index contributed by atoms with van der Waals surface area (Å²) in [4.78, 5) is 15.3. The Morgan fingerprint density at radius 3 is 2.48 bits per heavy atom. The maximum atomic E-state index is 12.7. The van der Waals surface area contributed by atoms with E-state index in [2.05, 4.69) is 4.98 Å². The topological polar surface area (TPSA) is 142 Å². The molecule has 9 nitrogen and oxygen atoms in total. The van der Waals surface area contributed by atoms with Crippen molar-refractivity contribution in [2.24, 2.45) is 12.8 Å². The molecule has 152 valence electrons. The van der Waals surface area contributed by atoms with E-state index in [1.54, 1.807) is 30.3 Å². The molecule has 0 radical (unpaired) electrons. The molecule has 0 saturated heterocycles. The summed E-state index contributed by atoms with van der Waals surface area (Å²) in [5.74, 6) is -0.444. The van der Waals surface area contributed by atoms with Crippen molar-refractivity contribution >= 4 is 32.9 Å². The van der Waals surface area contributed by atoms with Crippen LogP contribution in [0.2, 0.25) is 0 Å². The van der Waals surface area contributed by atoms with Crippen LogP contribution in [-0.4, -0.2) is 52.8 Å². The lowest BCUT2D eigenvalue weighted by atomic mass is 10.1. The van der Waals surface area contributed by atoms with Gasteiger partial charge in [-0.2, -0.15) is 0 Å². The number of aliphatic carboxylic acids is 1. The molecule has 0 unspecified atom stereocenters. The lowest BCUT2D eigenvalue weighted by Crippen LogP contribution is -2.29. The fourth-order valence-electron chi connectivity index (χ4n) is 2.95. The number of aromatic nitrogens is 2. The number of nitrogens with one attached hydrogen (secondary N) is 1. The Hall–Kier alpha value is -3.24. The van der Waals surface area contributed by atoms with E-state index in [0.29, 0.717) is 16.9 Å². The van der Waals surface area contributed by atoms with E-state index in [4.69, 9.17) is 16.2 Å². The molecule has 0 saturated carbocycles. The summed E-state index contributed by atoms with van der Waals surface area (Å²) in [5, 5.41) is 16.3. The van der Waals surface area contributed by atoms with Gasteiger partial charge in [0.15, 0.2) is 0 Å². The predicted molar refractivity (Wildman–Crippen MR) is 109 cm³/mol. The number of nitrogens with two attached hydrogens (primary N) is 1. The number of carboxylic acids is 1. The quantitative estimate of drug-likeness (QED) is 0.395. The van der Waals surface area contributed by atoms with Crippen LogP contribution in [0, 0.1) is 5.41 Å². The third-order valence-electron chi connectivity index (χ3n) is 4.66.